The average molecular weight is 299 g/mol. The number of para-hydroxylation sites is 1. The van der Waals surface area contributed by atoms with Gasteiger partial charge >= 0.3 is 5.97 Å². The Kier molecular flexibility index (Phi) is 2.46. The van der Waals surface area contributed by atoms with Gasteiger partial charge in [0.05, 0.1) is 5.41 Å². The van der Waals surface area contributed by atoms with Crippen LogP contribution in [0.4, 0.5) is 5.69 Å². The third-order valence-corrected chi connectivity index (χ3v) is 6.56. The van der Waals surface area contributed by atoms with Crippen molar-refractivity contribution in [1.29, 1.82) is 0 Å². The summed E-state index contributed by atoms with van der Waals surface area (Å²) in [6.45, 7) is 6.62. The molecule has 2 unspecified atom stereocenters. The minimum atomic E-state index is -1.00. The summed E-state index contributed by atoms with van der Waals surface area (Å²) >= 11 is 0. The molecule has 2 heterocycles. The number of nitrogens with zero attached hydrogens (tertiary/aromatic N) is 1. The number of rotatable bonds is 1. The van der Waals surface area contributed by atoms with Crippen LogP contribution in [0.2, 0.25) is 0 Å². The highest BCUT2D eigenvalue weighted by molar-refractivity contribution is 6.05. The Labute approximate surface area is 130 Å². The van der Waals surface area contributed by atoms with Crippen LogP contribution in [0, 0.1) is 10.8 Å². The van der Waals surface area contributed by atoms with Crippen LogP contribution >= 0.6 is 0 Å². The third-order valence-electron chi connectivity index (χ3n) is 6.56. The number of carbonyl (C=O) groups is 2. The Morgan fingerprint density at radius 1 is 1.18 bits per heavy atom. The number of anilines is 1. The second-order valence-corrected chi connectivity index (χ2v) is 7.51. The first-order valence-electron chi connectivity index (χ1n) is 7.97. The Morgan fingerprint density at radius 2 is 1.91 bits per heavy atom. The molecular formula is C18H21NO3. The van der Waals surface area contributed by atoms with Crippen molar-refractivity contribution in [3.8, 4) is 0 Å². The maximum Gasteiger partial charge on any atom is 0.313 e. The SMILES string of the molecule is CC12CCC(C(=O)N3CCc4ccccc43)(OC1=O)C2(C)C. The highest BCUT2D eigenvalue weighted by Gasteiger charge is 2.76. The first-order chi connectivity index (χ1) is 10.3. The molecule has 4 nitrogen and oxygen atoms in total. The molecule has 1 saturated carbocycles. The zero-order valence-electron chi connectivity index (χ0n) is 13.3. The Morgan fingerprint density at radius 3 is 2.55 bits per heavy atom. The van der Waals surface area contributed by atoms with Crippen LogP contribution in [0.15, 0.2) is 24.3 Å². The van der Waals surface area contributed by atoms with Crippen molar-refractivity contribution in [2.45, 2.75) is 45.6 Å². The van der Waals surface area contributed by atoms with E-state index >= 15 is 0 Å². The molecule has 4 heteroatoms. The van der Waals surface area contributed by atoms with E-state index in [0.29, 0.717) is 13.0 Å². The fourth-order valence-electron chi connectivity index (χ4n) is 4.49. The highest BCUT2D eigenvalue weighted by Crippen LogP contribution is 2.66. The average Bonchev–Trinajstić information content (AvgIpc) is 3.04. The van der Waals surface area contributed by atoms with E-state index in [0.717, 1.165) is 18.5 Å². The Balaban J connectivity index is 1.77. The molecule has 116 valence electrons. The van der Waals surface area contributed by atoms with Gasteiger partial charge in [0.1, 0.15) is 0 Å². The number of fused-ring (bicyclic) bond motifs is 3. The summed E-state index contributed by atoms with van der Waals surface area (Å²) in [7, 11) is 0. The van der Waals surface area contributed by atoms with Crippen molar-refractivity contribution in [1.82, 2.24) is 0 Å². The minimum absolute atomic E-state index is 0.0444. The van der Waals surface area contributed by atoms with Gasteiger partial charge in [-0.15, -0.1) is 0 Å². The van der Waals surface area contributed by atoms with E-state index in [2.05, 4.69) is 6.07 Å². The second-order valence-electron chi connectivity index (χ2n) is 7.51. The normalized spacial score (nSPS) is 34.7. The number of amides is 1. The van der Waals surface area contributed by atoms with E-state index < -0.39 is 16.4 Å². The molecule has 0 aromatic heterocycles. The molecule has 2 aliphatic heterocycles. The van der Waals surface area contributed by atoms with E-state index in [-0.39, 0.29) is 11.9 Å². The molecule has 2 bridgehead atoms. The first-order valence-corrected chi connectivity index (χ1v) is 7.97. The van der Waals surface area contributed by atoms with Crippen molar-refractivity contribution >= 4 is 17.6 Å². The lowest BCUT2D eigenvalue weighted by Gasteiger charge is -2.38. The standard InChI is InChI=1S/C18H21NO3/c1-16(2)17(3)9-10-18(16,22-15(17)21)14(20)19-11-8-12-6-4-5-7-13(12)19/h4-7H,8-11H2,1-3H3. The molecule has 0 spiro atoms. The van der Waals surface area contributed by atoms with Crippen molar-refractivity contribution in [2.75, 3.05) is 11.4 Å². The van der Waals surface area contributed by atoms with Gasteiger partial charge in [-0.2, -0.15) is 0 Å². The Bertz CT molecular complexity index is 695. The monoisotopic (exact) mass is 299 g/mol. The van der Waals surface area contributed by atoms with Crippen molar-refractivity contribution in [3.05, 3.63) is 29.8 Å². The fourth-order valence-corrected chi connectivity index (χ4v) is 4.49. The second kappa shape index (κ2) is 3.92. The van der Waals surface area contributed by atoms with Crippen LogP contribution in [-0.4, -0.2) is 24.0 Å². The largest absolute Gasteiger partial charge is 0.448 e. The molecule has 2 atom stereocenters. The predicted octanol–water partition coefficient (Wildman–Crippen LogP) is 2.70. The Hall–Kier alpha value is -1.84. The molecule has 0 N–H and O–H groups in total. The molecule has 1 aromatic carbocycles. The topological polar surface area (TPSA) is 46.6 Å². The summed E-state index contributed by atoms with van der Waals surface area (Å²) in [5.74, 6) is -0.262. The third kappa shape index (κ3) is 1.30. The number of esters is 1. The molecule has 22 heavy (non-hydrogen) atoms. The summed E-state index contributed by atoms with van der Waals surface area (Å²) in [6, 6.07) is 7.99. The lowest BCUT2D eigenvalue weighted by atomic mass is 9.66. The van der Waals surface area contributed by atoms with Gasteiger partial charge < -0.3 is 9.64 Å². The van der Waals surface area contributed by atoms with E-state index in [9.17, 15) is 9.59 Å². The fraction of sp³-hybridized carbons (Fsp3) is 0.556. The van der Waals surface area contributed by atoms with Crippen LogP contribution in [-0.2, 0) is 20.7 Å². The van der Waals surface area contributed by atoms with Gasteiger partial charge in [0.2, 0.25) is 0 Å². The molecular weight excluding hydrogens is 278 g/mol. The van der Waals surface area contributed by atoms with Gasteiger partial charge in [0.15, 0.2) is 5.60 Å². The number of benzene rings is 1. The van der Waals surface area contributed by atoms with Crippen LogP contribution in [0.25, 0.3) is 0 Å². The summed E-state index contributed by atoms with van der Waals surface area (Å²) < 4.78 is 5.73. The molecule has 2 fully saturated rings. The van der Waals surface area contributed by atoms with Crippen LogP contribution in [0.1, 0.15) is 39.2 Å². The molecule has 1 amide bonds. The summed E-state index contributed by atoms with van der Waals surface area (Å²) in [6.07, 6.45) is 2.21. The van der Waals surface area contributed by atoms with E-state index in [1.165, 1.54) is 5.56 Å². The summed E-state index contributed by atoms with van der Waals surface area (Å²) in [5, 5.41) is 0. The highest BCUT2D eigenvalue weighted by atomic mass is 16.6. The number of hydrogen-bond donors (Lipinski definition) is 0. The van der Waals surface area contributed by atoms with Crippen LogP contribution in [0.3, 0.4) is 0 Å². The van der Waals surface area contributed by atoms with E-state index in [4.69, 9.17) is 4.74 Å². The molecule has 4 rings (SSSR count). The molecule has 0 radical (unpaired) electrons. The van der Waals surface area contributed by atoms with Crippen LogP contribution in [0.5, 0.6) is 0 Å². The quantitative estimate of drug-likeness (QED) is 0.749. The van der Waals surface area contributed by atoms with Gasteiger partial charge in [0, 0.05) is 17.6 Å². The lowest BCUT2D eigenvalue weighted by molar-refractivity contribution is -0.167. The summed E-state index contributed by atoms with van der Waals surface area (Å²) in [4.78, 5) is 27.5. The maximum atomic E-state index is 13.3. The van der Waals surface area contributed by atoms with Gasteiger partial charge in [-0.05, 0) is 37.8 Å². The molecule has 1 saturated heterocycles. The van der Waals surface area contributed by atoms with E-state index in [1.807, 2.05) is 43.9 Å². The van der Waals surface area contributed by atoms with E-state index in [1.54, 1.807) is 0 Å². The number of hydrogen-bond acceptors (Lipinski definition) is 3. The molecule has 1 aromatic rings. The zero-order chi connectivity index (χ0) is 15.8. The summed E-state index contributed by atoms with van der Waals surface area (Å²) in [5.41, 5.74) is 0.119. The number of carbonyl (C=O) groups excluding carboxylic acids is 2. The minimum Gasteiger partial charge on any atom is -0.448 e. The van der Waals surface area contributed by atoms with Gasteiger partial charge in [-0.3, -0.25) is 9.59 Å². The molecule has 3 aliphatic rings. The smallest absolute Gasteiger partial charge is 0.313 e. The van der Waals surface area contributed by atoms with Crippen molar-refractivity contribution in [2.24, 2.45) is 10.8 Å². The predicted molar refractivity (Wildman–Crippen MR) is 82.4 cm³/mol. The zero-order valence-corrected chi connectivity index (χ0v) is 13.3. The van der Waals surface area contributed by atoms with Gasteiger partial charge in [-0.25, -0.2) is 0 Å². The van der Waals surface area contributed by atoms with Crippen LogP contribution < -0.4 is 4.90 Å². The van der Waals surface area contributed by atoms with Crippen molar-refractivity contribution < 1.29 is 14.3 Å². The molecule has 1 aliphatic carbocycles. The van der Waals surface area contributed by atoms with Gasteiger partial charge in [-0.1, -0.05) is 32.0 Å². The van der Waals surface area contributed by atoms with Crippen molar-refractivity contribution in [3.63, 3.8) is 0 Å². The maximum absolute atomic E-state index is 13.3. The number of ether oxygens (including phenoxy) is 1. The first kappa shape index (κ1) is 13.8. The van der Waals surface area contributed by atoms with Gasteiger partial charge in [0.25, 0.3) is 5.91 Å². The lowest BCUT2D eigenvalue weighted by Crippen LogP contribution is -2.54.